The van der Waals surface area contributed by atoms with E-state index < -0.39 is 15.6 Å². The van der Waals surface area contributed by atoms with Gasteiger partial charge in [0.2, 0.25) is 21.8 Å². The first-order valence-corrected chi connectivity index (χ1v) is 13.4. The Bertz CT molecular complexity index is 1100. The van der Waals surface area contributed by atoms with Crippen LogP contribution < -0.4 is 15.4 Å². The van der Waals surface area contributed by atoms with Crippen molar-refractivity contribution in [1.29, 1.82) is 0 Å². The summed E-state index contributed by atoms with van der Waals surface area (Å²) < 4.78 is 38.6. The fourth-order valence-corrected chi connectivity index (χ4v) is 6.24. The first-order valence-electron chi connectivity index (χ1n) is 12.0. The number of nitrogens with one attached hydrogen (secondary N) is 2. The molecule has 11 heteroatoms. The van der Waals surface area contributed by atoms with Crippen molar-refractivity contribution in [1.82, 2.24) is 19.8 Å². The third-order valence-corrected chi connectivity index (χ3v) is 8.37. The number of carbonyl (C=O) groups excluding carboxylic acids is 1. The van der Waals surface area contributed by atoms with Crippen molar-refractivity contribution in [3.8, 4) is 5.75 Å². The number of piperidine rings is 1. The Kier molecular flexibility index (Phi) is 7.54. The molecule has 1 aliphatic carbocycles. The number of sulfonamides is 1. The second-order valence-corrected chi connectivity index (χ2v) is 10.8. The van der Waals surface area contributed by atoms with Crippen LogP contribution in [0.15, 0.2) is 27.6 Å². The molecule has 1 aliphatic heterocycles. The van der Waals surface area contributed by atoms with Crippen molar-refractivity contribution in [3.05, 3.63) is 29.9 Å². The van der Waals surface area contributed by atoms with Crippen LogP contribution in [0.25, 0.3) is 0 Å². The summed E-state index contributed by atoms with van der Waals surface area (Å²) in [6.45, 7) is 5.01. The largest absolute Gasteiger partial charge is 0.492 e. The number of rotatable bonds is 9. The van der Waals surface area contributed by atoms with E-state index in [0.29, 0.717) is 42.8 Å². The van der Waals surface area contributed by atoms with Crippen LogP contribution in [0.5, 0.6) is 5.75 Å². The van der Waals surface area contributed by atoms with Crippen molar-refractivity contribution < 1.29 is 22.5 Å². The maximum absolute atomic E-state index is 13.1. The molecule has 2 aromatic rings. The monoisotopic (exact) mass is 491 g/mol. The van der Waals surface area contributed by atoms with E-state index >= 15 is 0 Å². The van der Waals surface area contributed by atoms with Gasteiger partial charge in [0.1, 0.15) is 5.75 Å². The quantitative estimate of drug-likeness (QED) is 0.548. The van der Waals surface area contributed by atoms with Crippen LogP contribution in [0.2, 0.25) is 0 Å². The van der Waals surface area contributed by atoms with E-state index in [4.69, 9.17) is 9.26 Å². The predicted octanol–water partition coefficient (Wildman–Crippen LogP) is 2.95. The molecule has 2 N–H and O–H groups in total. The minimum Gasteiger partial charge on any atom is -0.492 e. The number of benzene rings is 1. The molecular formula is C23H33N5O5S. The highest BCUT2D eigenvalue weighted by molar-refractivity contribution is 7.89. The highest BCUT2D eigenvalue weighted by Crippen LogP contribution is 2.37. The lowest BCUT2D eigenvalue weighted by atomic mass is 9.96. The van der Waals surface area contributed by atoms with Gasteiger partial charge in [0.05, 0.1) is 29.3 Å². The van der Waals surface area contributed by atoms with Gasteiger partial charge >= 0.3 is 0 Å². The van der Waals surface area contributed by atoms with E-state index in [-0.39, 0.29) is 17.3 Å². The van der Waals surface area contributed by atoms with E-state index in [1.807, 2.05) is 6.92 Å². The van der Waals surface area contributed by atoms with E-state index in [1.165, 1.54) is 16.4 Å². The van der Waals surface area contributed by atoms with Crippen LogP contribution in [0, 0.1) is 6.92 Å². The van der Waals surface area contributed by atoms with E-state index in [0.717, 1.165) is 44.9 Å². The van der Waals surface area contributed by atoms with Crippen LogP contribution in [0.3, 0.4) is 0 Å². The number of nitrogens with zero attached hydrogens (tertiary/aromatic N) is 3. The van der Waals surface area contributed by atoms with Gasteiger partial charge in [-0.15, -0.1) is 0 Å². The first-order chi connectivity index (χ1) is 16.3. The van der Waals surface area contributed by atoms with Crippen LogP contribution in [0.4, 0.5) is 5.69 Å². The Morgan fingerprint density at radius 1 is 1.18 bits per heavy atom. The molecule has 4 rings (SSSR count). The number of aromatic nitrogens is 2. The van der Waals surface area contributed by atoms with Crippen LogP contribution in [0.1, 0.15) is 63.6 Å². The molecule has 1 amide bonds. The maximum atomic E-state index is 13.1. The molecule has 10 nitrogen and oxygen atoms in total. The van der Waals surface area contributed by atoms with E-state index in [1.54, 1.807) is 13.0 Å². The summed E-state index contributed by atoms with van der Waals surface area (Å²) in [6.07, 6.45) is 6.38. The lowest BCUT2D eigenvalue weighted by molar-refractivity contribution is -0.115. The van der Waals surface area contributed by atoms with E-state index in [2.05, 4.69) is 20.8 Å². The highest BCUT2D eigenvalue weighted by atomic mass is 32.2. The summed E-state index contributed by atoms with van der Waals surface area (Å²) in [6, 6.07) is 4.62. The molecule has 1 aromatic carbocycles. The smallest absolute Gasteiger partial charge is 0.243 e. The summed E-state index contributed by atoms with van der Waals surface area (Å²) in [7, 11) is -3.64. The minimum atomic E-state index is -3.64. The Hall–Kier alpha value is -2.50. The molecule has 1 aromatic heterocycles. The number of aryl methyl sites for hydroxylation is 1. The van der Waals surface area contributed by atoms with Crippen molar-refractivity contribution in [3.63, 3.8) is 0 Å². The molecule has 1 saturated heterocycles. The third kappa shape index (κ3) is 5.26. The minimum absolute atomic E-state index is 0.0161. The molecule has 2 aliphatic rings. The molecular weight excluding hydrogens is 458 g/mol. The molecule has 0 unspecified atom stereocenters. The number of anilines is 1. The molecule has 0 radical (unpaired) electrons. The van der Waals surface area contributed by atoms with Crippen molar-refractivity contribution in [2.24, 2.45) is 0 Å². The second kappa shape index (κ2) is 10.4. The van der Waals surface area contributed by atoms with Gasteiger partial charge in [0, 0.05) is 20.0 Å². The van der Waals surface area contributed by atoms with Gasteiger partial charge in [-0.3, -0.25) is 10.1 Å². The average molecular weight is 492 g/mol. The number of hydrogen-bond donors (Lipinski definition) is 2. The molecule has 0 bridgehead atoms. The predicted molar refractivity (Wildman–Crippen MR) is 126 cm³/mol. The number of carbonyl (C=O) groups is 1. The summed E-state index contributed by atoms with van der Waals surface area (Å²) in [5.74, 6) is 1.18. The first kappa shape index (κ1) is 24.6. The fraction of sp³-hybridized carbons (Fsp3) is 0.609. The standard InChI is InChI=1S/C23H33N5O5S/c1-3-32-20-10-9-18(34(30,31)28-13-7-4-8-14-28)15-19(20)26-21(29)16-24-23(11-5-6-12-23)22-25-17(2)33-27-22/h9-10,15,24H,3-8,11-14,16H2,1-2H3,(H,26,29). The lowest BCUT2D eigenvalue weighted by Crippen LogP contribution is -2.44. The summed E-state index contributed by atoms with van der Waals surface area (Å²) in [4.78, 5) is 17.4. The van der Waals surface area contributed by atoms with E-state index in [9.17, 15) is 13.2 Å². The van der Waals surface area contributed by atoms with Gasteiger partial charge in [-0.1, -0.05) is 24.4 Å². The number of amides is 1. The van der Waals surface area contributed by atoms with Gasteiger partial charge in [-0.05, 0) is 50.8 Å². The Balaban J connectivity index is 1.50. The summed E-state index contributed by atoms with van der Waals surface area (Å²) >= 11 is 0. The molecule has 0 atom stereocenters. The molecule has 2 heterocycles. The van der Waals surface area contributed by atoms with Crippen molar-refractivity contribution in [2.45, 2.75) is 69.2 Å². The number of ether oxygens (including phenoxy) is 1. The lowest BCUT2D eigenvalue weighted by Gasteiger charge is -2.27. The average Bonchev–Trinajstić information content (AvgIpc) is 3.49. The maximum Gasteiger partial charge on any atom is 0.243 e. The van der Waals surface area contributed by atoms with Gasteiger partial charge in [-0.25, -0.2) is 8.42 Å². The van der Waals surface area contributed by atoms with Gasteiger partial charge < -0.3 is 14.6 Å². The highest BCUT2D eigenvalue weighted by Gasteiger charge is 2.40. The van der Waals surface area contributed by atoms with Gasteiger partial charge in [-0.2, -0.15) is 9.29 Å². The van der Waals surface area contributed by atoms with Crippen LogP contribution in [-0.4, -0.2) is 55.0 Å². The molecule has 186 valence electrons. The topological polar surface area (TPSA) is 127 Å². The SMILES string of the molecule is CCOc1ccc(S(=O)(=O)N2CCCCC2)cc1NC(=O)CNC1(c2noc(C)n2)CCCC1. The molecule has 1 saturated carbocycles. The zero-order valence-electron chi connectivity index (χ0n) is 19.8. The second-order valence-electron chi connectivity index (χ2n) is 8.88. The third-order valence-electron chi connectivity index (χ3n) is 6.48. The zero-order valence-corrected chi connectivity index (χ0v) is 20.6. The Morgan fingerprint density at radius 2 is 1.91 bits per heavy atom. The fourth-order valence-electron chi connectivity index (χ4n) is 4.70. The summed E-state index contributed by atoms with van der Waals surface area (Å²) in [5, 5.41) is 10.2. The normalized spacial score (nSPS) is 18.6. The van der Waals surface area contributed by atoms with Crippen molar-refractivity contribution >= 4 is 21.6 Å². The Morgan fingerprint density at radius 3 is 2.56 bits per heavy atom. The van der Waals surface area contributed by atoms with Crippen molar-refractivity contribution in [2.75, 3.05) is 31.6 Å². The van der Waals surface area contributed by atoms with Gasteiger partial charge in [0.15, 0.2) is 5.82 Å². The van der Waals surface area contributed by atoms with Crippen LogP contribution in [-0.2, 0) is 20.4 Å². The number of hydrogen-bond acceptors (Lipinski definition) is 8. The van der Waals surface area contributed by atoms with Crippen LogP contribution >= 0.6 is 0 Å². The zero-order chi connectivity index (χ0) is 24.2. The molecule has 2 fully saturated rings. The van der Waals surface area contributed by atoms with Gasteiger partial charge in [0.25, 0.3) is 0 Å². The summed E-state index contributed by atoms with van der Waals surface area (Å²) in [5.41, 5.74) is -0.167. The molecule has 0 spiro atoms. The Labute approximate surface area is 200 Å². The molecule has 34 heavy (non-hydrogen) atoms.